The molecule has 2 heterocycles. The fourth-order valence-electron chi connectivity index (χ4n) is 1.50. The van der Waals surface area contributed by atoms with Gasteiger partial charge in [-0.3, -0.25) is 4.90 Å². The molecule has 1 aromatic heterocycles. The van der Waals surface area contributed by atoms with Crippen LogP contribution in [0.2, 0.25) is 0 Å². The number of alkyl halides is 1. The van der Waals surface area contributed by atoms with Gasteiger partial charge < -0.3 is 0 Å². The van der Waals surface area contributed by atoms with Crippen molar-refractivity contribution in [3.63, 3.8) is 0 Å². The number of hydrogen-bond donors (Lipinski definition) is 0. The molecule has 1 aromatic rings. The lowest BCUT2D eigenvalue weighted by Crippen LogP contribution is -2.42. The van der Waals surface area contributed by atoms with E-state index in [0.29, 0.717) is 11.9 Å². The van der Waals surface area contributed by atoms with Crippen LogP contribution in [0.1, 0.15) is 5.69 Å². The molecule has 78 valence electrons. The Kier molecular flexibility index (Phi) is 4.04. The van der Waals surface area contributed by atoms with E-state index in [4.69, 9.17) is 11.6 Å². The summed E-state index contributed by atoms with van der Waals surface area (Å²) in [5, 5.41) is 0. The zero-order chi connectivity index (χ0) is 9.80. The molecule has 1 fully saturated rings. The third kappa shape index (κ3) is 2.59. The van der Waals surface area contributed by atoms with Crippen LogP contribution in [0.5, 0.6) is 0 Å². The van der Waals surface area contributed by atoms with E-state index < -0.39 is 0 Å². The smallest absolute Gasteiger partial charge is 0.0883 e. The average molecular weight is 250 g/mol. The topological polar surface area (TPSA) is 29.0 Å². The summed E-state index contributed by atoms with van der Waals surface area (Å²) in [5.74, 6) is 3.05. The molecule has 0 radical (unpaired) electrons. The number of thioether (sulfide) groups is 1. The molecule has 14 heavy (non-hydrogen) atoms. The van der Waals surface area contributed by atoms with Crippen LogP contribution in [0.15, 0.2) is 6.20 Å². The highest BCUT2D eigenvalue weighted by Crippen LogP contribution is 2.19. The minimum Gasteiger partial charge on any atom is -0.292 e. The minimum atomic E-state index is 0.497. The fraction of sp³-hybridized carbons (Fsp3) is 0.750. The van der Waals surface area contributed by atoms with Crippen LogP contribution in [0.4, 0.5) is 0 Å². The van der Waals surface area contributed by atoms with Gasteiger partial charge in [-0.05, 0) is 0 Å². The van der Waals surface area contributed by atoms with Crippen LogP contribution in [0, 0.1) is 0 Å². The molecule has 1 aliphatic rings. The highest BCUT2D eigenvalue weighted by molar-refractivity contribution is 7.99. The monoisotopic (exact) mass is 249 g/mol. The maximum atomic E-state index is 5.93. The Morgan fingerprint density at radius 3 is 3.29 bits per heavy atom. The first-order valence-electron chi connectivity index (χ1n) is 4.54. The van der Waals surface area contributed by atoms with Gasteiger partial charge >= 0.3 is 0 Å². The van der Waals surface area contributed by atoms with Crippen molar-refractivity contribution < 1.29 is 0 Å². The number of aromatic nitrogens is 2. The minimum absolute atomic E-state index is 0.497. The van der Waals surface area contributed by atoms with Gasteiger partial charge in [-0.2, -0.15) is 20.5 Å². The molecule has 0 saturated carbocycles. The molecule has 0 aromatic carbocycles. The van der Waals surface area contributed by atoms with Crippen molar-refractivity contribution in [1.82, 2.24) is 13.6 Å². The summed E-state index contributed by atoms with van der Waals surface area (Å²) in [7, 11) is 0. The molecule has 0 N–H and O–H groups in total. The standard InChI is InChI=1S/C8H12ClN3S2/c9-3-8-6-13-2-1-12(8)5-7-4-10-14-11-7/h4,8H,1-3,5-6H2. The van der Waals surface area contributed by atoms with Gasteiger partial charge in [-0.25, -0.2) is 0 Å². The Labute approximate surface area is 97.2 Å². The van der Waals surface area contributed by atoms with Gasteiger partial charge in [-0.15, -0.1) is 11.6 Å². The predicted octanol–water partition coefficient (Wildman–Crippen LogP) is 1.69. The first-order valence-corrected chi connectivity index (χ1v) is 6.96. The zero-order valence-corrected chi connectivity index (χ0v) is 10.1. The zero-order valence-electron chi connectivity index (χ0n) is 7.73. The van der Waals surface area contributed by atoms with Gasteiger partial charge in [0, 0.05) is 36.5 Å². The molecular weight excluding hydrogens is 238 g/mol. The first-order chi connectivity index (χ1) is 6.90. The fourth-order valence-corrected chi connectivity index (χ4v) is 3.49. The lowest BCUT2D eigenvalue weighted by molar-refractivity contribution is 0.224. The first kappa shape index (κ1) is 10.7. The van der Waals surface area contributed by atoms with Crippen LogP contribution in [-0.4, -0.2) is 43.6 Å². The molecule has 2 rings (SSSR count). The van der Waals surface area contributed by atoms with E-state index in [1.807, 2.05) is 18.0 Å². The van der Waals surface area contributed by atoms with Crippen LogP contribution >= 0.6 is 35.1 Å². The Hall–Kier alpha value is 0.160. The molecule has 0 bridgehead atoms. The van der Waals surface area contributed by atoms with E-state index >= 15 is 0 Å². The summed E-state index contributed by atoms with van der Waals surface area (Å²) in [6.07, 6.45) is 1.84. The number of rotatable bonds is 3. The predicted molar refractivity (Wildman–Crippen MR) is 62.2 cm³/mol. The molecule has 1 atom stereocenters. The largest absolute Gasteiger partial charge is 0.292 e. The van der Waals surface area contributed by atoms with Crippen LogP contribution < -0.4 is 0 Å². The summed E-state index contributed by atoms with van der Waals surface area (Å²) in [6, 6.07) is 0.497. The summed E-state index contributed by atoms with van der Waals surface area (Å²) < 4.78 is 8.22. The summed E-state index contributed by atoms with van der Waals surface area (Å²) in [4.78, 5) is 2.40. The van der Waals surface area contributed by atoms with Crippen molar-refractivity contribution in [3.8, 4) is 0 Å². The maximum absolute atomic E-state index is 5.93. The van der Waals surface area contributed by atoms with Gasteiger partial charge in [-0.1, -0.05) is 0 Å². The normalized spacial score (nSPS) is 23.9. The Bertz CT molecular complexity index is 268. The highest BCUT2D eigenvalue weighted by atomic mass is 35.5. The highest BCUT2D eigenvalue weighted by Gasteiger charge is 2.22. The van der Waals surface area contributed by atoms with Crippen molar-refractivity contribution in [2.75, 3.05) is 23.9 Å². The molecule has 0 spiro atoms. The van der Waals surface area contributed by atoms with E-state index in [-0.39, 0.29) is 0 Å². The molecule has 1 aliphatic heterocycles. The lowest BCUT2D eigenvalue weighted by atomic mass is 10.3. The molecule has 1 saturated heterocycles. The van der Waals surface area contributed by atoms with E-state index in [0.717, 1.165) is 24.5 Å². The molecule has 6 heteroatoms. The summed E-state index contributed by atoms with van der Waals surface area (Å²) in [5.41, 5.74) is 1.07. The quantitative estimate of drug-likeness (QED) is 0.763. The van der Waals surface area contributed by atoms with E-state index in [1.54, 1.807) is 0 Å². The second kappa shape index (κ2) is 5.30. The maximum Gasteiger partial charge on any atom is 0.0883 e. The Morgan fingerprint density at radius 2 is 2.57 bits per heavy atom. The Balaban J connectivity index is 1.94. The van der Waals surface area contributed by atoms with E-state index in [2.05, 4.69) is 13.6 Å². The molecule has 1 unspecified atom stereocenters. The lowest BCUT2D eigenvalue weighted by Gasteiger charge is -2.33. The van der Waals surface area contributed by atoms with Crippen LogP contribution in [0.3, 0.4) is 0 Å². The molecular formula is C8H12ClN3S2. The summed E-state index contributed by atoms with van der Waals surface area (Å²) in [6.45, 7) is 2.01. The Morgan fingerprint density at radius 1 is 1.64 bits per heavy atom. The average Bonchev–Trinajstić information content (AvgIpc) is 2.71. The van der Waals surface area contributed by atoms with Gasteiger partial charge in [0.2, 0.25) is 0 Å². The van der Waals surface area contributed by atoms with Gasteiger partial charge in [0.25, 0.3) is 0 Å². The van der Waals surface area contributed by atoms with Crippen molar-refractivity contribution in [1.29, 1.82) is 0 Å². The van der Waals surface area contributed by atoms with Gasteiger partial charge in [0.15, 0.2) is 0 Å². The van der Waals surface area contributed by atoms with E-state index in [9.17, 15) is 0 Å². The van der Waals surface area contributed by atoms with E-state index in [1.165, 1.54) is 17.5 Å². The number of hydrogen-bond acceptors (Lipinski definition) is 5. The molecule has 3 nitrogen and oxygen atoms in total. The van der Waals surface area contributed by atoms with Crippen LogP contribution in [-0.2, 0) is 6.54 Å². The third-order valence-electron chi connectivity index (χ3n) is 2.30. The van der Waals surface area contributed by atoms with Crippen molar-refractivity contribution in [2.24, 2.45) is 0 Å². The van der Waals surface area contributed by atoms with Crippen molar-refractivity contribution in [2.45, 2.75) is 12.6 Å². The molecule has 0 amide bonds. The van der Waals surface area contributed by atoms with Gasteiger partial charge in [0.1, 0.15) is 0 Å². The van der Waals surface area contributed by atoms with Crippen LogP contribution in [0.25, 0.3) is 0 Å². The number of halogens is 1. The SMILES string of the molecule is ClCC1CSCCN1Cc1cnsn1. The molecule has 0 aliphatic carbocycles. The summed E-state index contributed by atoms with van der Waals surface area (Å²) >= 11 is 9.18. The third-order valence-corrected chi connectivity index (χ3v) is 4.26. The number of nitrogens with zero attached hydrogens (tertiary/aromatic N) is 3. The second-order valence-corrected chi connectivity index (χ2v) is 5.27. The van der Waals surface area contributed by atoms with Crippen molar-refractivity contribution >= 4 is 35.1 Å². The van der Waals surface area contributed by atoms with Gasteiger partial charge in [0.05, 0.1) is 23.6 Å². The van der Waals surface area contributed by atoms with Crippen molar-refractivity contribution in [3.05, 3.63) is 11.9 Å². The second-order valence-electron chi connectivity index (χ2n) is 3.25.